The van der Waals surface area contributed by atoms with Gasteiger partial charge in [0.25, 0.3) is 0 Å². The molecule has 0 heterocycles. The molecule has 2 N–H and O–H groups in total. The summed E-state index contributed by atoms with van der Waals surface area (Å²) in [7, 11) is 0. The first-order chi connectivity index (χ1) is 8.45. The minimum absolute atomic E-state index is 0.100. The normalized spacial score (nSPS) is 16.2. The number of carboxylic acids is 1. The molecule has 0 bridgehead atoms. The molecule has 1 aliphatic rings. The van der Waals surface area contributed by atoms with Crippen LogP contribution in [-0.4, -0.2) is 16.2 Å². The Hall–Kier alpha value is -1.03. The van der Waals surface area contributed by atoms with Crippen LogP contribution in [0.1, 0.15) is 47.9 Å². The Kier molecular flexibility index (Phi) is 3.66. The van der Waals surface area contributed by atoms with Gasteiger partial charge in [-0.2, -0.15) is 0 Å². The van der Waals surface area contributed by atoms with E-state index in [0.717, 1.165) is 36.8 Å². The van der Waals surface area contributed by atoms with Crippen LogP contribution >= 0.6 is 15.9 Å². The fourth-order valence-corrected chi connectivity index (χ4v) is 3.47. The molecule has 1 unspecified atom stereocenters. The number of aliphatic carboxylic acids is 1. The highest BCUT2D eigenvalue weighted by atomic mass is 79.9. The van der Waals surface area contributed by atoms with Gasteiger partial charge in [-0.25, -0.2) is 0 Å². The average Bonchev–Trinajstić information content (AvgIpc) is 2.36. The van der Waals surface area contributed by atoms with Gasteiger partial charge >= 0.3 is 5.97 Å². The van der Waals surface area contributed by atoms with E-state index >= 15 is 0 Å². The van der Waals surface area contributed by atoms with Crippen molar-refractivity contribution in [1.82, 2.24) is 0 Å². The lowest BCUT2D eigenvalue weighted by atomic mass is 9.83. The minimum atomic E-state index is -0.906. The van der Waals surface area contributed by atoms with Crippen molar-refractivity contribution in [2.75, 3.05) is 0 Å². The first kappa shape index (κ1) is 13.4. The van der Waals surface area contributed by atoms with Crippen LogP contribution in [0.15, 0.2) is 4.47 Å². The van der Waals surface area contributed by atoms with Crippen molar-refractivity contribution in [3.05, 3.63) is 26.7 Å². The summed E-state index contributed by atoms with van der Waals surface area (Å²) in [5, 5.41) is 19.4. The number of carbonyl (C=O) groups is 1. The van der Waals surface area contributed by atoms with Gasteiger partial charge in [0, 0.05) is 5.56 Å². The predicted octanol–water partition coefficient (Wildman–Crippen LogP) is 3.53. The van der Waals surface area contributed by atoms with E-state index in [0.29, 0.717) is 10.0 Å². The Morgan fingerprint density at radius 1 is 1.28 bits per heavy atom. The van der Waals surface area contributed by atoms with Crippen LogP contribution in [-0.2, 0) is 17.6 Å². The van der Waals surface area contributed by atoms with Crippen LogP contribution in [0.5, 0.6) is 5.75 Å². The number of fused-ring (bicyclic) bond motifs is 1. The second kappa shape index (κ2) is 4.92. The molecular formula is C14H17BrO3. The Bertz CT molecular complexity index is 508. The summed E-state index contributed by atoms with van der Waals surface area (Å²) in [6.07, 6.45) is 4.18. The molecule has 1 aromatic rings. The van der Waals surface area contributed by atoms with E-state index in [1.807, 2.05) is 6.92 Å². The molecule has 0 fully saturated rings. The first-order valence-electron chi connectivity index (χ1n) is 6.20. The van der Waals surface area contributed by atoms with Crippen LogP contribution < -0.4 is 0 Å². The highest BCUT2D eigenvalue weighted by molar-refractivity contribution is 9.10. The first-order valence-corrected chi connectivity index (χ1v) is 7.00. The number of phenols is 1. The zero-order valence-corrected chi connectivity index (χ0v) is 12.2. The van der Waals surface area contributed by atoms with Crippen LogP contribution in [0.25, 0.3) is 0 Å². The predicted molar refractivity (Wildman–Crippen MR) is 73.2 cm³/mol. The maximum Gasteiger partial charge on any atom is 0.310 e. The van der Waals surface area contributed by atoms with E-state index in [2.05, 4.69) is 15.9 Å². The van der Waals surface area contributed by atoms with Gasteiger partial charge in [0.2, 0.25) is 0 Å². The fraction of sp³-hybridized carbons (Fsp3) is 0.500. The summed E-state index contributed by atoms with van der Waals surface area (Å²) in [5.74, 6) is -1.49. The molecular weight excluding hydrogens is 296 g/mol. The van der Waals surface area contributed by atoms with Gasteiger partial charge in [-0.3, -0.25) is 4.79 Å². The molecule has 0 spiro atoms. The molecule has 0 radical (unpaired) electrons. The van der Waals surface area contributed by atoms with Crippen molar-refractivity contribution in [3.63, 3.8) is 0 Å². The van der Waals surface area contributed by atoms with Crippen LogP contribution in [0, 0.1) is 6.92 Å². The number of halogens is 1. The van der Waals surface area contributed by atoms with Crippen LogP contribution in [0.2, 0.25) is 0 Å². The number of hydrogen-bond acceptors (Lipinski definition) is 2. The quantitative estimate of drug-likeness (QED) is 0.878. The monoisotopic (exact) mass is 312 g/mol. The standard InChI is InChI=1S/C14H17BrO3/c1-7-9-5-3-4-6-10(9)12(15)13(16)11(7)8(2)14(17)18/h8,16H,3-6H2,1-2H3,(H,17,18). The van der Waals surface area contributed by atoms with Crippen LogP contribution in [0.3, 0.4) is 0 Å². The Morgan fingerprint density at radius 3 is 2.39 bits per heavy atom. The third-order valence-electron chi connectivity index (χ3n) is 3.86. The highest BCUT2D eigenvalue weighted by Crippen LogP contribution is 2.43. The molecule has 4 heteroatoms. The minimum Gasteiger partial charge on any atom is -0.506 e. The molecule has 0 aliphatic heterocycles. The van der Waals surface area contributed by atoms with Crippen molar-refractivity contribution in [1.29, 1.82) is 0 Å². The van der Waals surface area contributed by atoms with E-state index in [1.54, 1.807) is 6.92 Å². The van der Waals surface area contributed by atoms with Crippen molar-refractivity contribution < 1.29 is 15.0 Å². The molecule has 0 amide bonds. The topological polar surface area (TPSA) is 57.5 Å². The van der Waals surface area contributed by atoms with E-state index in [-0.39, 0.29) is 5.75 Å². The number of aromatic hydroxyl groups is 1. The summed E-state index contributed by atoms with van der Waals surface area (Å²) in [6.45, 7) is 3.54. The van der Waals surface area contributed by atoms with Crippen molar-refractivity contribution in [2.45, 2.75) is 45.4 Å². The molecule has 0 saturated carbocycles. The van der Waals surface area contributed by atoms with Gasteiger partial charge in [0.1, 0.15) is 5.75 Å². The number of phenolic OH excluding ortho intramolecular Hbond substituents is 1. The number of hydrogen-bond donors (Lipinski definition) is 2. The van der Waals surface area contributed by atoms with Crippen molar-refractivity contribution in [2.24, 2.45) is 0 Å². The lowest BCUT2D eigenvalue weighted by Gasteiger charge is -2.25. The van der Waals surface area contributed by atoms with E-state index in [1.165, 1.54) is 5.56 Å². The van der Waals surface area contributed by atoms with Crippen molar-refractivity contribution in [3.8, 4) is 5.75 Å². The summed E-state index contributed by atoms with van der Waals surface area (Å²) in [6, 6.07) is 0. The molecule has 1 atom stereocenters. The summed E-state index contributed by atoms with van der Waals surface area (Å²) < 4.78 is 0.686. The Labute approximate surface area is 115 Å². The molecule has 0 saturated heterocycles. The number of benzene rings is 1. The zero-order valence-electron chi connectivity index (χ0n) is 10.6. The lowest BCUT2D eigenvalue weighted by molar-refractivity contribution is -0.138. The molecule has 3 nitrogen and oxygen atoms in total. The maximum absolute atomic E-state index is 11.2. The SMILES string of the molecule is Cc1c2c(c(Br)c(O)c1C(C)C(=O)O)CCCC2. The molecule has 2 rings (SSSR count). The number of rotatable bonds is 2. The maximum atomic E-state index is 11.2. The third-order valence-corrected chi connectivity index (χ3v) is 4.71. The fourth-order valence-electron chi connectivity index (χ4n) is 2.82. The van der Waals surface area contributed by atoms with E-state index < -0.39 is 11.9 Å². The average molecular weight is 313 g/mol. The second-order valence-electron chi connectivity index (χ2n) is 4.93. The second-order valence-corrected chi connectivity index (χ2v) is 5.72. The van der Waals surface area contributed by atoms with Crippen LogP contribution in [0.4, 0.5) is 0 Å². The summed E-state index contributed by atoms with van der Waals surface area (Å²) in [5.41, 5.74) is 3.86. The van der Waals surface area contributed by atoms with Gasteiger partial charge in [-0.15, -0.1) is 0 Å². The molecule has 1 aromatic carbocycles. The Morgan fingerprint density at radius 2 is 1.83 bits per heavy atom. The summed E-state index contributed by atoms with van der Waals surface area (Å²) in [4.78, 5) is 11.2. The van der Waals surface area contributed by atoms with Crippen molar-refractivity contribution >= 4 is 21.9 Å². The van der Waals surface area contributed by atoms with Gasteiger partial charge in [-0.05, 0) is 72.2 Å². The van der Waals surface area contributed by atoms with Gasteiger partial charge in [0.05, 0.1) is 10.4 Å². The highest BCUT2D eigenvalue weighted by Gasteiger charge is 2.27. The molecule has 0 aromatic heterocycles. The van der Waals surface area contributed by atoms with Gasteiger partial charge in [0.15, 0.2) is 0 Å². The number of carboxylic acid groups (broad SMARTS) is 1. The smallest absolute Gasteiger partial charge is 0.310 e. The molecule has 1 aliphatic carbocycles. The van der Waals surface area contributed by atoms with Gasteiger partial charge in [-0.1, -0.05) is 0 Å². The van der Waals surface area contributed by atoms with E-state index in [9.17, 15) is 9.90 Å². The molecule has 98 valence electrons. The largest absolute Gasteiger partial charge is 0.506 e. The lowest BCUT2D eigenvalue weighted by Crippen LogP contribution is -2.14. The third kappa shape index (κ3) is 2.03. The van der Waals surface area contributed by atoms with Gasteiger partial charge < -0.3 is 10.2 Å². The molecule has 18 heavy (non-hydrogen) atoms. The van der Waals surface area contributed by atoms with E-state index in [4.69, 9.17) is 5.11 Å². The Balaban J connectivity index is 2.68. The summed E-state index contributed by atoms with van der Waals surface area (Å²) >= 11 is 3.43. The zero-order chi connectivity index (χ0) is 13.4.